The molecule has 5 heteroatoms. The summed E-state index contributed by atoms with van der Waals surface area (Å²) in [6.07, 6.45) is 3.57. The van der Waals surface area contributed by atoms with Crippen molar-refractivity contribution in [1.82, 2.24) is 0 Å². The van der Waals surface area contributed by atoms with E-state index in [1.54, 1.807) is 6.26 Å². The Bertz CT molecular complexity index is 1130. The van der Waals surface area contributed by atoms with E-state index in [1.165, 1.54) is 11.1 Å². The maximum absolute atomic E-state index is 8.36. The average molecular weight is 418 g/mol. The normalized spacial score (nSPS) is 10.4. The van der Waals surface area contributed by atoms with Gasteiger partial charge in [-0.15, -0.1) is 0 Å². The van der Waals surface area contributed by atoms with Crippen molar-refractivity contribution >= 4 is 17.4 Å². The van der Waals surface area contributed by atoms with E-state index in [4.69, 9.17) is 24.8 Å². The molecule has 0 spiro atoms. The van der Waals surface area contributed by atoms with Gasteiger partial charge in [0, 0.05) is 10.9 Å². The average Bonchev–Trinajstić information content (AvgIpc) is 3.27. The first-order valence-corrected chi connectivity index (χ1v) is 10.3. The summed E-state index contributed by atoms with van der Waals surface area (Å²) in [6, 6.07) is 23.0. The zero-order chi connectivity index (χ0) is 22.1. The van der Waals surface area contributed by atoms with E-state index in [0.717, 1.165) is 46.3 Å². The third-order valence-corrected chi connectivity index (χ3v) is 5.03. The van der Waals surface area contributed by atoms with E-state index in [-0.39, 0.29) is 6.47 Å². The minimum atomic E-state index is -0.250. The molecule has 0 saturated carbocycles. The van der Waals surface area contributed by atoms with Gasteiger partial charge in [0.25, 0.3) is 6.47 Å². The fourth-order valence-corrected chi connectivity index (χ4v) is 3.60. The van der Waals surface area contributed by atoms with Crippen LogP contribution in [0.1, 0.15) is 23.6 Å². The van der Waals surface area contributed by atoms with Gasteiger partial charge in [-0.25, -0.2) is 0 Å². The van der Waals surface area contributed by atoms with E-state index in [0.29, 0.717) is 13.2 Å². The highest BCUT2D eigenvalue weighted by Gasteiger charge is 2.11. The van der Waals surface area contributed by atoms with Crippen LogP contribution in [0.15, 0.2) is 77.4 Å². The highest BCUT2D eigenvalue weighted by Crippen LogP contribution is 2.32. The van der Waals surface area contributed by atoms with Gasteiger partial charge in [0.2, 0.25) is 0 Å². The molecule has 31 heavy (non-hydrogen) atoms. The number of fused-ring (bicyclic) bond motifs is 1. The lowest BCUT2D eigenvalue weighted by Crippen LogP contribution is -2.02. The number of aryl methyl sites for hydroxylation is 1. The Morgan fingerprint density at radius 1 is 1.03 bits per heavy atom. The number of para-hydroxylation sites is 1. The molecule has 3 aromatic carbocycles. The van der Waals surface area contributed by atoms with Crippen LogP contribution in [0.3, 0.4) is 0 Å². The van der Waals surface area contributed by atoms with Gasteiger partial charge in [0.15, 0.2) is 0 Å². The molecule has 160 valence electrons. The molecule has 0 aliphatic carbocycles. The topological polar surface area (TPSA) is 85.7 Å². The molecule has 4 rings (SSSR count). The second-order valence-corrected chi connectivity index (χ2v) is 7.08. The van der Waals surface area contributed by atoms with Gasteiger partial charge in [-0.05, 0) is 65.9 Å². The fourth-order valence-electron chi connectivity index (χ4n) is 3.60. The van der Waals surface area contributed by atoms with E-state index >= 15 is 0 Å². The number of carbonyl (C=O) groups is 1. The lowest BCUT2D eigenvalue weighted by Gasteiger charge is -2.12. The quantitative estimate of drug-likeness (QED) is 0.391. The number of hydrogen-bond acceptors (Lipinski definition) is 4. The lowest BCUT2D eigenvalue weighted by atomic mass is 9.98. The van der Waals surface area contributed by atoms with Crippen molar-refractivity contribution in [2.24, 2.45) is 5.73 Å². The second kappa shape index (κ2) is 11.0. The highest BCUT2D eigenvalue weighted by molar-refractivity contribution is 5.93. The summed E-state index contributed by atoms with van der Waals surface area (Å²) in [4.78, 5) is 8.36. The Morgan fingerprint density at radius 3 is 2.61 bits per heavy atom. The Kier molecular flexibility index (Phi) is 7.85. The van der Waals surface area contributed by atoms with E-state index in [2.05, 4.69) is 55.5 Å². The molecule has 0 unspecified atom stereocenters. The molecule has 5 nitrogen and oxygen atoms in total. The van der Waals surface area contributed by atoms with Crippen molar-refractivity contribution in [3.63, 3.8) is 0 Å². The molecule has 0 radical (unpaired) electrons. The molecule has 4 aromatic rings. The molecule has 0 aliphatic heterocycles. The van der Waals surface area contributed by atoms with Crippen molar-refractivity contribution in [1.29, 1.82) is 0 Å². The zero-order valence-corrected chi connectivity index (χ0v) is 17.6. The smallest absolute Gasteiger partial charge is 0.290 e. The van der Waals surface area contributed by atoms with Crippen LogP contribution >= 0.6 is 0 Å². The predicted octanol–water partition coefficient (Wildman–Crippen LogP) is 5.44. The third-order valence-electron chi connectivity index (χ3n) is 5.03. The molecule has 0 bridgehead atoms. The number of furan rings is 1. The number of hydrogen-bond donors (Lipinski definition) is 2. The Morgan fingerprint density at radius 2 is 1.84 bits per heavy atom. The number of benzene rings is 3. The first kappa shape index (κ1) is 22.1. The van der Waals surface area contributed by atoms with Crippen molar-refractivity contribution in [2.75, 3.05) is 6.54 Å². The van der Waals surface area contributed by atoms with Gasteiger partial charge in [-0.2, -0.15) is 0 Å². The maximum Gasteiger partial charge on any atom is 0.290 e. The number of ether oxygens (including phenoxy) is 1. The van der Waals surface area contributed by atoms with Gasteiger partial charge >= 0.3 is 0 Å². The highest BCUT2D eigenvalue weighted by atomic mass is 16.5. The van der Waals surface area contributed by atoms with Crippen LogP contribution in [0, 0.1) is 0 Å². The van der Waals surface area contributed by atoms with Gasteiger partial charge in [-0.1, -0.05) is 49.4 Å². The summed E-state index contributed by atoms with van der Waals surface area (Å²) < 4.78 is 11.9. The Balaban J connectivity index is 0.000000858. The van der Waals surface area contributed by atoms with Gasteiger partial charge < -0.3 is 20.0 Å². The molecular weight excluding hydrogens is 390 g/mol. The van der Waals surface area contributed by atoms with Gasteiger partial charge in [-0.3, -0.25) is 4.79 Å². The molecule has 0 atom stereocenters. The standard InChI is InChI=1S/C25H25NO2.CH2O2/c1-2-20-7-3-4-9-24(20)28-17-19-15-22-11-13-27-25(22)23(16-19)21-8-5-6-18(14-21)10-12-26;2-1-3/h3-9,11,13-16H,2,10,12,17,26H2,1H3;1H,(H,2,3). The van der Waals surface area contributed by atoms with Gasteiger partial charge in [0.1, 0.15) is 17.9 Å². The third kappa shape index (κ3) is 5.53. The predicted molar refractivity (Wildman–Crippen MR) is 123 cm³/mol. The van der Waals surface area contributed by atoms with Crippen LogP contribution in [0.5, 0.6) is 5.75 Å². The van der Waals surface area contributed by atoms with Gasteiger partial charge in [0.05, 0.1) is 6.26 Å². The fraction of sp³-hybridized carbons (Fsp3) is 0.192. The summed E-state index contributed by atoms with van der Waals surface area (Å²) in [5.74, 6) is 0.948. The molecule has 0 amide bonds. The molecule has 0 saturated heterocycles. The van der Waals surface area contributed by atoms with Crippen molar-refractivity contribution in [2.45, 2.75) is 26.4 Å². The van der Waals surface area contributed by atoms with Crippen molar-refractivity contribution < 1.29 is 19.1 Å². The zero-order valence-electron chi connectivity index (χ0n) is 17.6. The first-order chi connectivity index (χ1) is 15.2. The van der Waals surface area contributed by atoms with E-state index in [9.17, 15) is 0 Å². The summed E-state index contributed by atoms with van der Waals surface area (Å²) in [7, 11) is 0. The van der Waals surface area contributed by atoms with E-state index in [1.807, 2.05) is 18.2 Å². The minimum Gasteiger partial charge on any atom is -0.489 e. The number of rotatable bonds is 7. The number of nitrogens with two attached hydrogens (primary N) is 1. The van der Waals surface area contributed by atoms with Crippen LogP contribution in [-0.4, -0.2) is 18.1 Å². The second-order valence-electron chi connectivity index (χ2n) is 7.08. The first-order valence-electron chi connectivity index (χ1n) is 10.3. The summed E-state index contributed by atoms with van der Waals surface area (Å²) in [5, 5.41) is 7.98. The maximum atomic E-state index is 8.36. The molecular formula is C26H27NO4. The molecule has 3 N–H and O–H groups in total. The summed E-state index contributed by atoms with van der Waals surface area (Å²) >= 11 is 0. The molecule has 1 heterocycles. The molecule has 0 aliphatic rings. The largest absolute Gasteiger partial charge is 0.489 e. The van der Waals surface area contributed by atoms with E-state index < -0.39 is 0 Å². The lowest BCUT2D eigenvalue weighted by molar-refractivity contribution is -0.122. The SMILES string of the molecule is CCc1ccccc1OCc1cc(-c2cccc(CCN)c2)c2occc2c1.O=CO. The minimum absolute atomic E-state index is 0.250. The van der Waals surface area contributed by atoms with Crippen LogP contribution in [0.2, 0.25) is 0 Å². The van der Waals surface area contributed by atoms with Crippen LogP contribution in [0.4, 0.5) is 0 Å². The van der Waals surface area contributed by atoms with Crippen LogP contribution < -0.4 is 10.5 Å². The monoisotopic (exact) mass is 417 g/mol. The molecule has 1 aromatic heterocycles. The van der Waals surface area contributed by atoms with Crippen LogP contribution in [0.25, 0.3) is 22.1 Å². The van der Waals surface area contributed by atoms with Crippen molar-refractivity contribution in [3.8, 4) is 16.9 Å². The summed E-state index contributed by atoms with van der Waals surface area (Å²) in [5.41, 5.74) is 12.4. The van der Waals surface area contributed by atoms with Crippen LogP contribution in [-0.2, 0) is 24.2 Å². The Hall–Kier alpha value is -3.57. The number of carboxylic acid groups (broad SMARTS) is 1. The van der Waals surface area contributed by atoms with Crippen molar-refractivity contribution in [3.05, 3.63) is 89.7 Å². The molecule has 0 fully saturated rings. The summed E-state index contributed by atoms with van der Waals surface area (Å²) in [6.45, 7) is 3.06. The Labute approximate surface area is 182 Å².